The molecule has 5 rings (SSSR count). The molecule has 0 aliphatic carbocycles. The standard InChI is InChI=1S/C31H26O5/c1-3-34-28(32)20-35-30(33)27-19-22-18-21(2)14-15-25(22)29-26(27)16-17-31(36-29,23-10-6-4-7-11-23)24-12-8-5-9-13-24/h4-19H,3,20H2,1-2H3. The Kier molecular flexibility index (Phi) is 6.30. The molecule has 0 N–H and O–H groups in total. The average Bonchev–Trinajstić information content (AvgIpc) is 2.92. The molecule has 0 saturated carbocycles. The number of rotatable bonds is 6. The van der Waals surface area contributed by atoms with Crippen LogP contribution in [0.1, 0.15) is 39.5 Å². The summed E-state index contributed by atoms with van der Waals surface area (Å²) >= 11 is 0. The molecule has 0 spiro atoms. The molecule has 0 unspecified atom stereocenters. The fraction of sp³-hybridized carbons (Fsp3) is 0.161. The summed E-state index contributed by atoms with van der Waals surface area (Å²) in [6, 6.07) is 27.8. The van der Waals surface area contributed by atoms with E-state index in [2.05, 4.69) is 0 Å². The van der Waals surface area contributed by atoms with E-state index >= 15 is 0 Å². The maximum atomic E-state index is 13.1. The van der Waals surface area contributed by atoms with E-state index in [4.69, 9.17) is 14.2 Å². The monoisotopic (exact) mass is 478 g/mol. The molecule has 4 aromatic carbocycles. The van der Waals surface area contributed by atoms with E-state index in [1.807, 2.05) is 97.9 Å². The fourth-order valence-electron chi connectivity index (χ4n) is 4.60. The van der Waals surface area contributed by atoms with Gasteiger partial charge in [-0.2, -0.15) is 0 Å². The number of carbonyl (C=O) groups excluding carboxylic acids is 2. The summed E-state index contributed by atoms with van der Waals surface area (Å²) in [5.74, 6) is -0.607. The van der Waals surface area contributed by atoms with Crippen LogP contribution < -0.4 is 4.74 Å². The quantitative estimate of drug-likeness (QED) is 0.308. The Morgan fingerprint density at radius 1 is 0.861 bits per heavy atom. The zero-order valence-electron chi connectivity index (χ0n) is 20.2. The van der Waals surface area contributed by atoms with E-state index in [-0.39, 0.29) is 6.61 Å². The number of aryl methyl sites for hydroxylation is 1. The number of benzene rings is 4. The van der Waals surface area contributed by atoms with Crippen molar-refractivity contribution in [3.8, 4) is 5.75 Å². The average molecular weight is 479 g/mol. The SMILES string of the molecule is CCOC(=O)COC(=O)c1cc2cc(C)ccc2c2c1C=CC(c1ccccc1)(c1ccccc1)O2. The normalized spacial score (nSPS) is 13.5. The molecule has 180 valence electrons. The van der Waals surface area contributed by atoms with Crippen LogP contribution in [0.25, 0.3) is 16.8 Å². The first-order valence-electron chi connectivity index (χ1n) is 11.9. The van der Waals surface area contributed by atoms with Crippen LogP contribution in [-0.2, 0) is 19.9 Å². The van der Waals surface area contributed by atoms with E-state index in [0.29, 0.717) is 16.9 Å². The Balaban J connectivity index is 1.68. The summed E-state index contributed by atoms with van der Waals surface area (Å²) in [6.45, 7) is 3.47. The highest BCUT2D eigenvalue weighted by Crippen LogP contribution is 2.46. The lowest BCUT2D eigenvalue weighted by molar-refractivity contribution is -0.146. The van der Waals surface area contributed by atoms with Gasteiger partial charge in [0.15, 0.2) is 12.2 Å². The lowest BCUT2D eigenvalue weighted by Gasteiger charge is -2.37. The number of hydrogen-bond acceptors (Lipinski definition) is 5. The minimum absolute atomic E-state index is 0.221. The predicted octanol–water partition coefficient (Wildman–Crippen LogP) is 6.22. The molecule has 1 aliphatic rings. The van der Waals surface area contributed by atoms with Crippen molar-refractivity contribution >= 4 is 28.8 Å². The Hall–Kier alpha value is -4.38. The van der Waals surface area contributed by atoms with Gasteiger partial charge in [-0.15, -0.1) is 0 Å². The summed E-state index contributed by atoms with van der Waals surface area (Å²) < 4.78 is 17.1. The van der Waals surface area contributed by atoms with Gasteiger partial charge in [-0.1, -0.05) is 84.4 Å². The molecule has 1 aliphatic heterocycles. The second kappa shape index (κ2) is 9.70. The Morgan fingerprint density at radius 2 is 1.53 bits per heavy atom. The zero-order chi connectivity index (χ0) is 25.1. The number of hydrogen-bond donors (Lipinski definition) is 0. The van der Waals surface area contributed by atoms with Crippen molar-refractivity contribution in [3.63, 3.8) is 0 Å². The molecular weight excluding hydrogens is 452 g/mol. The summed E-state index contributed by atoms with van der Waals surface area (Å²) in [5, 5.41) is 1.74. The number of carbonyl (C=O) groups is 2. The van der Waals surface area contributed by atoms with Gasteiger partial charge in [0, 0.05) is 22.1 Å². The molecule has 0 atom stereocenters. The maximum absolute atomic E-state index is 13.1. The highest BCUT2D eigenvalue weighted by atomic mass is 16.6. The van der Waals surface area contributed by atoms with Crippen LogP contribution in [0, 0.1) is 6.92 Å². The summed E-state index contributed by atoms with van der Waals surface area (Å²) in [7, 11) is 0. The van der Waals surface area contributed by atoms with Crippen LogP contribution in [0.15, 0.2) is 91.0 Å². The van der Waals surface area contributed by atoms with Crippen molar-refractivity contribution in [3.05, 3.63) is 119 Å². The van der Waals surface area contributed by atoms with Gasteiger partial charge in [-0.05, 0) is 37.5 Å². The lowest BCUT2D eigenvalue weighted by Crippen LogP contribution is -2.34. The molecule has 0 amide bonds. The lowest BCUT2D eigenvalue weighted by atomic mass is 9.82. The van der Waals surface area contributed by atoms with Crippen LogP contribution in [0.4, 0.5) is 0 Å². The van der Waals surface area contributed by atoms with Gasteiger partial charge < -0.3 is 14.2 Å². The highest BCUT2D eigenvalue weighted by Gasteiger charge is 2.38. The molecule has 0 bridgehead atoms. The molecule has 5 heteroatoms. The zero-order valence-corrected chi connectivity index (χ0v) is 20.2. The van der Waals surface area contributed by atoms with Crippen molar-refractivity contribution in [2.24, 2.45) is 0 Å². The summed E-state index contributed by atoms with van der Waals surface area (Å²) in [6.07, 6.45) is 3.89. The first-order valence-corrected chi connectivity index (χ1v) is 11.9. The van der Waals surface area contributed by atoms with Gasteiger partial charge in [-0.25, -0.2) is 9.59 Å². The Morgan fingerprint density at radius 3 is 2.17 bits per heavy atom. The van der Waals surface area contributed by atoms with E-state index in [0.717, 1.165) is 27.5 Å². The Labute approximate surface area is 209 Å². The van der Waals surface area contributed by atoms with Gasteiger partial charge in [0.1, 0.15) is 5.75 Å². The predicted molar refractivity (Wildman–Crippen MR) is 139 cm³/mol. The van der Waals surface area contributed by atoms with Gasteiger partial charge in [0.25, 0.3) is 0 Å². The third-order valence-corrected chi connectivity index (χ3v) is 6.29. The molecular formula is C31H26O5. The van der Waals surface area contributed by atoms with Gasteiger partial charge in [-0.3, -0.25) is 0 Å². The Bertz CT molecular complexity index is 1420. The van der Waals surface area contributed by atoms with E-state index in [9.17, 15) is 9.59 Å². The van der Waals surface area contributed by atoms with Crippen LogP contribution in [-0.4, -0.2) is 25.2 Å². The second-order valence-electron chi connectivity index (χ2n) is 8.68. The maximum Gasteiger partial charge on any atom is 0.344 e. The largest absolute Gasteiger partial charge is 0.472 e. The molecule has 0 radical (unpaired) electrons. The number of ether oxygens (including phenoxy) is 3. The van der Waals surface area contributed by atoms with Crippen molar-refractivity contribution < 1.29 is 23.8 Å². The molecule has 0 aromatic heterocycles. The third kappa shape index (κ3) is 4.24. The van der Waals surface area contributed by atoms with Crippen molar-refractivity contribution in [1.82, 2.24) is 0 Å². The second-order valence-corrected chi connectivity index (χ2v) is 8.68. The number of fused-ring (bicyclic) bond motifs is 3. The smallest absolute Gasteiger partial charge is 0.344 e. The van der Waals surface area contributed by atoms with Crippen LogP contribution in [0.5, 0.6) is 5.75 Å². The van der Waals surface area contributed by atoms with Crippen LogP contribution in [0.2, 0.25) is 0 Å². The first kappa shape index (κ1) is 23.4. The molecule has 36 heavy (non-hydrogen) atoms. The third-order valence-electron chi connectivity index (χ3n) is 6.29. The van der Waals surface area contributed by atoms with Crippen LogP contribution in [0.3, 0.4) is 0 Å². The highest BCUT2D eigenvalue weighted by molar-refractivity contribution is 6.04. The molecule has 0 fully saturated rings. The topological polar surface area (TPSA) is 61.8 Å². The van der Waals surface area contributed by atoms with Crippen molar-refractivity contribution in [1.29, 1.82) is 0 Å². The van der Waals surface area contributed by atoms with Gasteiger partial charge in [0.2, 0.25) is 0 Å². The fourth-order valence-corrected chi connectivity index (χ4v) is 4.60. The summed E-state index contributed by atoms with van der Waals surface area (Å²) in [5.41, 5.74) is 3.04. The summed E-state index contributed by atoms with van der Waals surface area (Å²) in [4.78, 5) is 24.9. The minimum Gasteiger partial charge on any atom is -0.472 e. The van der Waals surface area contributed by atoms with Crippen molar-refractivity contribution in [2.75, 3.05) is 13.2 Å². The number of esters is 2. The molecule has 0 saturated heterocycles. The minimum atomic E-state index is -0.888. The van der Waals surface area contributed by atoms with E-state index in [1.54, 1.807) is 13.0 Å². The van der Waals surface area contributed by atoms with Gasteiger partial charge in [0.05, 0.1) is 12.2 Å². The van der Waals surface area contributed by atoms with E-state index in [1.165, 1.54) is 0 Å². The first-order chi connectivity index (χ1) is 17.5. The van der Waals surface area contributed by atoms with Crippen molar-refractivity contribution in [2.45, 2.75) is 19.4 Å². The van der Waals surface area contributed by atoms with Gasteiger partial charge >= 0.3 is 11.9 Å². The molecule has 1 heterocycles. The molecule has 4 aromatic rings. The van der Waals surface area contributed by atoms with E-state index < -0.39 is 24.1 Å². The van der Waals surface area contributed by atoms with Crippen LogP contribution >= 0.6 is 0 Å². The molecule has 5 nitrogen and oxygen atoms in total.